The van der Waals surface area contributed by atoms with Crippen LogP contribution in [0.2, 0.25) is 0 Å². The van der Waals surface area contributed by atoms with Crippen LogP contribution >= 0.6 is 11.3 Å². The number of hydrogen-bond donors (Lipinski definition) is 1. The number of amides is 1. The van der Waals surface area contributed by atoms with E-state index < -0.39 is 0 Å². The van der Waals surface area contributed by atoms with E-state index >= 15 is 0 Å². The summed E-state index contributed by atoms with van der Waals surface area (Å²) < 4.78 is 1.59. The van der Waals surface area contributed by atoms with Crippen molar-refractivity contribution in [2.24, 2.45) is 0 Å². The van der Waals surface area contributed by atoms with Crippen LogP contribution in [-0.4, -0.2) is 20.7 Å². The van der Waals surface area contributed by atoms with Crippen LogP contribution in [0, 0.1) is 13.8 Å². The van der Waals surface area contributed by atoms with Gasteiger partial charge < -0.3 is 9.88 Å². The highest BCUT2D eigenvalue weighted by Gasteiger charge is 2.16. The Bertz CT molecular complexity index is 963. The molecule has 1 N–H and O–H groups in total. The second-order valence-corrected chi connectivity index (χ2v) is 7.27. The topological polar surface area (TPSA) is 76.9 Å². The van der Waals surface area contributed by atoms with Gasteiger partial charge in [0.1, 0.15) is 15.6 Å². The molecule has 3 rings (SSSR count). The van der Waals surface area contributed by atoms with E-state index in [0.29, 0.717) is 17.1 Å². The number of benzene rings is 1. The van der Waals surface area contributed by atoms with Gasteiger partial charge in [-0.1, -0.05) is 41.7 Å². The summed E-state index contributed by atoms with van der Waals surface area (Å²) in [5, 5.41) is 12.2. The first kappa shape index (κ1) is 18.0. The molecule has 0 saturated heterocycles. The molecule has 6 nitrogen and oxygen atoms in total. The molecule has 1 amide bonds. The average molecular weight is 368 g/mol. The Morgan fingerprint density at radius 3 is 2.62 bits per heavy atom. The molecule has 0 unspecified atom stereocenters. The van der Waals surface area contributed by atoms with Crippen molar-refractivity contribution in [1.82, 2.24) is 20.1 Å². The quantitative estimate of drug-likeness (QED) is 0.725. The molecule has 3 aromatic rings. The third-order valence-corrected chi connectivity index (χ3v) is 4.89. The Hall–Kier alpha value is -2.80. The predicted octanol–water partition coefficient (Wildman–Crippen LogP) is 2.49. The van der Waals surface area contributed by atoms with Crippen molar-refractivity contribution in [2.45, 2.75) is 33.4 Å². The monoisotopic (exact) mass is 368 g/mol. The predicted molar refractivity (Wildman–Crippen MR) is 101 cm³/mol. The molecular weight excluding hydrogens is 348 g/mol. The number of aromatic nitrogens is 3. The molecule has 0 spiro atoms. The molecule has 1 aromatic carbocycles. The summed E-state index contributed by atoms with van der Waals surface area (Å²) in [6, 6.07) is 11.8. The third kappa shape index (κ3) is 4.23. The van der Waals surface area contributed by atoms with Crippen molar-refractivity contribution < 1.29 is 4.79 Å². The Kier molecular flexibility index (Phi) is 5.58. The third-order valence-electron chi connectivity index (χ3n) is 4.05. The van der Waals surface area contributed by atoms with E-state index in [1.54, 1.807) is 23.8 Å². The van der Waals surface area contributed by atoms with Gasteiger partial charge >= 0.3 is 0 Å². The number of hydrogen-bond acceptors (Lipinski definition) is 5. The molecular formula is C19H20N4O2S. The summed E-state index contributed by atoms with van der Waals surface area (Å²) in [6.45, 7) is 4.42. The van der Waals surface area contributed by atoms with Crippen LogP contribution in [0.15, 0.2) is 47.4 Å². The molecule has 134 valence electrons. The normalized spacial score (nSPS) is 10.7. The van der Waals surface area contributed by atoms with Gasteiger partial charge in [-0.3, -0.25) is 9.59 Å². The second kappa shape index (κ2) is 8.05. The number of carbonyl (C=O) groups is 1. The Labute approximate surface area is 155 Å². The highest BCUT2D eigenvalue weighted by atomic mass is 32.1. The molecule has 0 atom stereocenters. The van der Waals surface area contributed by atoms with Gasteiger partial charge in [-0.05, 0) is 37.5 Å². The van der Waals surface area contributed by atoms with E-state index in [1.165, 1.54) is 11.3 Å². The minimum atomic E-state index is -0.380. The smallest absolute Gasteiger partial charge is 0.263 e. The summed E-state index contributed by atoms with van der Waals surface area (Å²) in [5.41, 5.74) is 1.73. The second-order valence-electron chi connectivity index (χ2n) is 6.01. The number of nitrogens with one attached hydrogen (secondary N) is 1. The summed E-state index contributed by atoms with van der Waals surface area (Å²) in [7, 11) is 0. The maximum absolute atomic E-state index is 12.7. The maximum Gasteiger partial charge on any atom is 0.263 e. The minimum Gasteiger partial charge on any atom is -0.345 e. The Morgan fingerprint density at radius 1 is 1.15 bits per heavy atom. The Balaban J connectivity index is 1.74. The van der Waals surface area contributed by atoms with Gasteiger partial charge in [-0.15, -0.1) is 10.2 Å². The highest BCUT2D eigenvalue weighted by Crippen LogP contribution is 2.08. The summed E-state index contributed by atoms with van der Waals surface area (Å²) in [5.74, 6) is -0.380. The minimum absolute atomic E-state index is 0.182. The van der Waals surface area contributed by atoms with E-state index in [4.69, 9.17) is 0 Å². The fraction of sp³-hybridized carbons (Fsp3) is 0.263. The van der Waals surface area contributed by atoms with E-state index in [-0.39, 0.29) is 23.6 Å². The number of pyridine rings is 1. The van der Waals surface area contributed by atoms with Gasteiger partial charge in [0.25, 0.3) is 11.5 Å². The standard InChI is InChI=1S/C19H20N4O2S/c1-13-8-10-23(11-9-15-6-4-3-5-7-15)19(25)17(13)18(24)20-12-16-22-21-14(2)26-16/h3-8,10H,9,11-12H2,1-2H3,(H,20,24). The van der Waals surface area contributed by atoms with Gasteiger partial charge in [0, 0.05) is 12.7 Å². The van der Waals surface area contributed by atoms with Crippen LogP contribution in [0.5, 0.6) is 0 Å². The molecule has 0 saturated carbocycles. The van der Waals surface area contributed by atoms with Crippen molar-refractivity contribution in [2.75, 3.05) is 0 Å². The van der Waals surface area contributed by atoms with Crippen LogP contribution in [0.1, 0.15) is 31.5 Å². The molecule has 7 heteroatoms. The zero-order chi connectivity index (χ0) is 18.5. The van der Waals surface area contributed by atoms with E-state index in [9.17, 15) is 9.59 Å². The lowest BCUT2D eigenvalue weighted by Crippen LogP contribution is -2.34. The first-order chi connectivity index (χ1) is 12.5. The molecule has 2 aromatic heterocycles. The van der Waals surface area contributed by atoms with Gasteiger partial charge in [-0.25, -0.2) is 0 Å². The van der Waals surface area contributed by atoms with E-state index in [2.05, 4.69) is 15.5 Å². The number of nitrogens with zero attached hydrogens (tertiary/aromatic N) is 3. The molecule has 0 aliphatic carbocycles. The lowest BCUT2D eigenvalue weighted by Gasteiger charge is -2.11. The lowest BCUT2D eigenvalue weighted by atomic mass is 10.1. The number of carbonyl (C=O) groups excluding carboxylic acids is 1. The number of aryl methyl sites for hydroxylation is 4. The highest BCUT2D eigenvalue weighted by molar-refractivity contribution is 7.11. The molecule has 0 fully saturated rings. The Morgan fingerprint density at radius 2 is 1.92 bits per heavy atom. The maximum atomic E-state index is 12.7. The van der Waals surface area contributed by atoms with Gasteiger partial charge in [-0.2, -0.15) is 0 Å². The molecule has 0 bridgehead atoms. The largest absolute Gasteiger partial charge is 0.345 e. The zero-order valence-electron chi connectivity index (χ0n) is 14.7. The van der Waals surface area contributed by atoms with Crippen molar-refractivity contribution in [3.63, 3.8) is 0 Å². The lowest BCUT2D eigenvalue weighted by molar-refractivity contribution is 0.0948. The molecule has 0 aliphatic rings. The first-order valence-corrected chi connectivity index (χ1v) is 9.17. The number of rotatable bonds is 6. The average Bonchev–Trinajstić information content (AvgIpc) is 3.05. The van der Waals surface area contributed by atoms with Gasteiger partial charge in [0.15, 0.2) is 0 Å². The molecule has 0 radical (unpaired) electrons. The van der Waals surface area contributed by atoms with Crippen LogP contribution in [0.4, 0.5) is 0 Å². The van der Waals surface area contributed by atoms with Gasteiger partial charge in [0.2, 0.25) is 0 Å². The summed E-state index contributed by atoms with van der Waals surface area (Å²) in [6.07, 6.45) is 2.47. The summed E-state index contributed by atoms with van der Waals surface area (Å²) >= 11 is 1.42. The fourth-order valence-corrected chi connectivity index (χ4v) is 3.31. The molecule has 2 heterocycles. The van der Waals surface area contributed by atoms with Crippen molar-refractivity contribution in [3.8, 4) is 0 Å². The van der Waals surface area contributed by atoms with Gasteiger partial charge in [0.05, 0.1) is 6.54 Å². The SMILES string of the molecule is Cc1nnc(CNC(=O)c2c(C)ccn(CCc3ccccc3)c2=O)s1. The zero-order valence-corrected chi connectivity index (χ0v) is 15.5. The first-order valence-electron chi connectivity index (χ1n) is 8.36. The fourth-order valence-electron chi connectivity index (χ4n) is 2.66. The van der Waals surface area contributed by atoms with Crippen molar-refractivity contribution in [3.05, 3.63) is 79.7 Å². The van der Waals surface area contributed by atoms with Crippen molar-refractivity contribution in [1.29, 1.82) is 0 Å². The van der Waals surface area contributed by atoms with E-state index in [0.717, 1.165) is 17.0 Å². The molecule has 0 aliphatic heterocycles. The van der Waals surface area contributed by atoms with Crippen molar-refractivity contribution >= 4 is 17.2 Å². The van der Waals surface area contributed by atoms with E-state index in [1.807, 2.05) is 37.3 Å². The van der Waals surface area contributed by atoms with Crippen LogP contribution < -0.4 is 10.9 Å². The molecule has 26 heavy (non-hydrogen) atoms. The summed E-state index contributed by atoms with van der Waals surface area (Å²) in [4.78, 5) is 25.3. The van der Waals surface area contributed by atoms with Crippen LogP contribution in [0.25, 0.3) is 0 Å². The van der Waals surface area contributed by atoms with Crippen LogP contribution in [0.3, 0.4) is 0 Å². The van der Waals surface area contributed by atoms with Crippen LogP contribution in [-0.2, 0) is 19.5 Å².